The highest BCUT2D eigenvalue weighted by Gasteiger charge is 2.15. The van der Waals surface area contributed by atoms with E-state index in [1.165, 1.54) is 239 Å². The second-order valence-corrected chi connectivity index (χ2v) is 18.7. The van der Waals surface area contributed by atoms with Gasteiger partial charge < -0.3 is 14.5 Å². The molecule has 59 heavy (non-hydrogen) atoms. The number of rotatable bonds is 47. The molecule has 0 spiro atoms. The molecule has 0 aromatic carbocycles. The molecular weight excluding hydrogens is 731 g/mol. The Morgan fingerprint density at radius 1 is 0.475 bits per heavy atom. The summed E-state index contributed by atoms with van der Waals surface area (Å²) in [6.45, 7) is 17.9. The third-order valence-electron chi connectivity index (χ3n) is 12.9. The first-order valence-electron chi connectivity index (χ1n) is 26.7. The molecule has 0 bridgehead atoms. The minimum Gasteiger partial charge on any atom is -0.466 e. The van der Waals surface area contributed by atoms with Gasteiger partial charge in [0.2, 0.25) is 0 Å². The van der Waals surface area contributed by atoms with Crippen LogP contribution in [0, 0.1) is 0 Å². The van der Waals surface area contributed by atoms with Gasteiger partial charge in [0.25, 0.3) is 0 Å². The summed E-state index contributed by atoms with van der Waals surface area (Å²) in [5, 5.41) is 0. The number of hydrogen-bond acceptors (Lipinski definition) is 7. The van der Waals surface area contributed by atoms with Crippen molar-refractivity contribution < 1.29 is 19.3 Å². The third kappa shape index (κ3) is 39.8. The summed E-state index contributed by atoms with van der Waals surface area (Å²) >= 11 is 0. The molecule has 0 saturated carbocycles. The van der Waals surface area contributed by atoms with Gasteiger partial charge >= 0.3 is 5.97 Å². The summed E-state index contributed by atoms with van der Waals surface area (Å²) in [6.07, 6.45) is 46.0. The fourth-order valence-electron chi connectivity index (χ4n) is 8.57. The largest absolute Gasteiger partial charge is 0.466 e. The van der Waals surface area contributed by atoms with Crippen LogP contribution < -0.4 is 0 Å². The summed E-state index contributed by atoms with van der Waals surface area (Å²) in [6, 6.07) is 0. The van der Waals surface area contributed by atoms with E-state index in [1.807, 2.05) is 0 Å². The summed E-state index contributed by atoms with van der Waals surface area (Å²) < 4.78 is 5.49. The van der Waals surface area contributed by atoms with Crippen LogP contribution in [0.25, 0.3) is 0 Å². The van der Waals surface area contributed by atoms with Gasteiger partial charge in [-0.05, 0) is 65.1 Å². The van der Waals surface area contributed by atoms with Crippen LogP contribution in [-0.2, 0) is 19.3 Å². The van der Waals surface area contributed by atoms with Crippen molar-refractivity contribution in [3.63, 3.8) is 0 Å². The molecule has 1 saturated heterocycles. The minimum atomic E-state index is 0.00968. The maximum Gasteiger partial charge on any atom is 0.305 e. The Morgan fingerprint density at radius 2 is 0.881 bits per heavy atom. The van der Waals surface area contributed by atoms with Crippen LogP contribution in [0.1, 0.15) is 252 Å². The van der Waals surface area contributed by atoms with Gasteiger partial charge in [-0.25, -0.2) is 9.78 Å². The normalized spacial score (nSPS) is 14.5. The average Bonchev–Trinajstić information content (AvgIpc) is 3.24. The molecule has 1 aliphatic rings. The number of carbonyl (C=O) groups is 1. The molecule has 0 amide bonds. The Bertz CT molecular complexity index is 839. The number of carbonyl (C=O) groups excluding carboxylic acids is 1. The van der Waals surface area contributed by atoms with Gasteiger partial charge in [0, 0.05) is 45.7 Å². The number of hydrogen-bond donors (Lipinski definition) is 0. The molecule has 1 heterocycles. The zero-order chi connectivity index (χ0) is 42.5. The van der Waals surface area contributed by atoms with Gasteiger partial charge in [-0.2, -0.15) is 0 Å². The monoisotopic (exact) mass is 836 g/mol. The standard InChI is InChI=1S/C52H105N3O4/c1-5-8-11-14-17-18-19-25-32-39-51(38-31-24-16-13-10-7-3)59-58-50-37-30-22-20-27-34-41-54(47-48-55-45-43-53(4)44-46-55)42-35-28-23-26-33-40-52(56)57-49-36-29-21-15-12-9-6-2/h51H,5-50H2,1-4H3. The lowest BCUT2D eigenvalue weighted by Gasteiger charge is -2.34. The van der Waals surface area contributed by atoms with Crippen molar-refractivity contribution in [1.29, 1.82) is 0 Å². The zero-order valence-corrected chi connectivity index (χ0v) is 40.6. The summed E-state index contributed by atoms with van der Waals surface area (Å²) in [5.41, 5.74) is 0. The molecule has 0 radical (unpaired) electrons. The Labute approximate surface area is 369 Å². The Balaban J connectivity index is 2.21. The molecule has 1 aliphatic heterocycles. The van der Waals surface area contributed by atoms with E-state index in [4.69, 9.17) is 14.5 Å². The molecule has 0 aromatic heterocycles. The van der Waals surface area contributed by atoms with Crippen LogP contribution in [0.4, 0.5) is 0 Å². The zero-order valence-electron chi connectivity index (χ0n) is 40.6. The van der Waals surface area contributed by atoms with Gasteiger partial charge in [0.05, 0.1) is 19.3 Å². The fourth-order valence-corrected chi connectivity index (χ4v) is 8.57. The van der Waals surface area contributed by atoms with Crippen LogP contribution in [0.5, 0.6) is 0 Å². The first kappa shape index (κ1) is 56.3. The molecule has 1 unspecified atom stereocenters. The summed E-state index contributed by atoms with van der Waals surface area (Å²) in [4.78, 5) is 31.9. The van der Waals surface area contributed by atoms with Gasteiger partial charge in [-0.1, -0.05) is 201 Å². The van der Waals surface area contributed by atoms with Gasteiger partial charge in [0.15, 0.2) is 0 Å². The van der Waals surface area contributed by atoms with Crippen LogP contribution in [-0.4, -0.2) is 99.4 Å². The predicted molar refractivity (Wildman–Crippen MR) is 255 cm³/mol. The molecule has 1 rings (SSSR count). The van der Waals surface area contributed by atoms with Gasteiger partial charge in [-0.15, -0.1) is 0 Å². The maximum absolute atomic E-state index is 12.2. The molecule has 7 nitrogen and oxygen atoms in total. The highest BCUT2D eigenvalue weighted by Crippen LogP contribution is 2.18. The number of likely N-dealkylation sites (N-methyl/N-ethyl adjacent to an activating group) is 1. The first-order valence-corrected chi connectivity index (χ1v) is 26.7. The summed E-state index contributed by atoms with van der Waals surface area (Å²) in [5.74, 6) is 0.00968. The quantitative estimate of drug-likeness (QED) is 0.0262. The Kier molecular flexibility index (Phi) is 43.2. The predicted octanol–water partition coefficient (Wildman–Crippen LogP) is 14.5. The van der Waals surface area contributed by atoms with Crippen molar-refractivity contribution >= 4 is 5.97 Å². The maximum atomic E-state index is 12.2. The van der Waals surface area contributed by atoms with Crippen LogP contribution in [0.15, 0.2) is 0 Å². The second kappa shape index (κ2) is 45.3. The van der Waals surface area contributed by atoms with Crippen LogP contribution in [0.3, 0.4) is 0 Å². The number of unbranched alkanes of at least 4 members (excludes halogenated alkanes) is 28. The molecule has 0 aromatic rings. The lowest BCUT2D eigenvalue weighted by atomic mass is 10.0. The number of ether oxygens (including phenoxy) is 1. The van der Waals surface area contributed by atoms with Crippen molar-refractivity contribution in [3.05, 3.63) is 0 Å². The van der Waals surface area contributed by atoms with E-state index in [0.29, 0.717) is 13.0 Å². The van der Waals surface area contributed by atoms with Crippen molar-refractivity contribution in [2.75, 3.05) is 72.6 Å². The van der Waals surface area contributed by atoms with Crippen molar-refractivity contribution in [1.82, 2.24) is 14.7 Å². The number of nitrogens with zero attached hydrogens (tertiary/aromatic N) is 3. The molecule has 0 N–H and O–H groups in total. The van der Waals surface area contributed by atoms with E-state index in [2.05, 4.69) is 42.5 Å². The fraction of sp³-hybridized carbons (Fsp3) is 0.981. The second-order valence-electron chi connectivity index (χ2n) is 18.7. The topological polar surface area (TPSA) is 54.5 Å². The molecule has 7 heteroatoms. The van der Waals surface area contributed by atoms with Gasteiger partial charge in [0.1, 0.15) is 0 Å². The average molecular weight is 836 g/mol. The van der Waals surface area contributed by atoms with E-state index in [0.717, 1.165) is 45.1 Å². The Morgan fingerprint density at radius 3 is 1.37 bits per heavy atom. The van der Waals surface area contributed by atoms with Crippen molar-refractivity contribution in [2.24, 2.45) is 0 Å². The Hall–Kier alpha value is -0.730. The number of piperazine rings is 1. The molecule has 1 fully saturated rings. The van der Waals surface area contributed by atoms with E-state index >= 15 is 0 Å². The molecule has 0 aliphatic carbocycles. The van der Waals surface area contributed by atoms with E-state index in [1.54, 1.807) is 0 Å². The number of esters is 1. The van der Waals surface area contributed by atoms with E-state index in [-0.39, 0.29) is 12.1 Å². The smallest absolute Gasteiger partial charge is 0.305 e. The minimum absolute atomic E-state index is 0.00968. The molecule has 352 valence electrons. The van der Waals surface area contributed by atoms with Crippen LogP contribution in [0.2, 0.25) is 0 Å². The van der Waals surface area contributed by atoms with E-state index < -0.39 is 0 Å². The lowest BCUT2D eigenvalue weighted by molar-refractivity contribution is -0.327. The third-order valence-corrected chi connectivity index (χ3v) is 12.9. The molecule has 1 atom stereocenters. The van der Waals surface area contributed by atoms with Crippen molar-refractivity contribution in [3.8, 4) is 0 Å². The first-order chi connectivity index (χ1) is 29.1. The van der Waals surface area contributed by atoms with Crippen molar-refractivity contribution in [2.45, 2.75) is 258 Å². The van der Waals surface area contributed by atoms with Gasteiger partial charge in [-0.3, -0.25) is 9.69 Å². The highest BCUT2D eigenvalue weighted by atomic mass is 17.2. The van der Waals surface area contributed by atoms with E-state index in [9.17, 15) is 4.79 Å². The van der Waals surface area contributed by atoms with Crippen LogP contribution >= 0.6 is 0 Å². The molecular formula is C52H105N3O4. The lowest BCUT2D eigenvalue weighted by Crippen LogP contribution is -2.47. The summed E-state index contributed by atoms with van der Waals surface area (Å²) in [7, 11) is 2.25. The SMILES string of the molecule is CCCCCCCCCCCC(CCCCCCCC)OOCCCCCCCCN(CCCCCCCC(=O)OCCCCCCCCC)CCN1CCN(C)CC1. The highest BCUT2D eigenvalue weighted by molar-refractivity contribution is 5.69.